The first kappa shape index (κ1) is 17.5. The first-order valence-corrected chi connectivity index (χ1v) is 8.92. The van der Waals surface area contributed by atoms with Crippen molar-refractivity contribution in [1.29, 1.82) is 0 Å². The van der Waals surface area contributed by atoms with Gasteiger partial charge in [0.15, 0.2) is 0 Å². The maximum atomic E-state index is 13.2. The molecule has 0 amide bonds. The van der Waals surface area contributed by atoms with Gasteiger partial charge in [-0.1, -0.05) is 60.7 Å². The number of hydrogen-bond donors (Lipinski definition) is 2. The third kappa shape index (κ3) is 3.12. The Bertz CT molecular complexity index is 1250. The summed E-state index contributed by atoms with van der Waals surface area (Å²) in [4.78, 5) is 36.4. The van der Waals surface area contributed by atoms with E-state index in [0.717, 1.165) is 5.56 Å². The van der Waals surface area contributed by atoms with Crippen molar-refractivity contribution in [2.75, 3.05) is 0 Å². The lowest BCUT2D eigenvalue weighted by Crippen LogP contribution is -2.11. The van der Waals surface area contributed by atoms with Gasteiger partial charge < -0.3 is 9.97 Å². The molecule has 28 heavy (non-hydrogen) atoms. The van der Waals surface area contributed by atoms with Gasteiger partial charge in [-0.25, -0.2) is 4.98 Å². The van der Waals surface area contributed by atoms with Crippen LogP contribution in [-0.4, -0.2) is 20.7 Å². The summed E-state index contributed by atoms with van der Waals surface area (Å²) >= 11 is 0. The maximum absolute atomic E-state index is 13.2. The van der Waals surface area contributed by atoms with Crippen molar-refractivity contribution in [2.24, 2.45) is 0 Å². The Labute approximate surface area is 161 Å². The molecule has 0 atom stereocenters. The highest BCUT2D eigenvalue weighted by Gasteiger charge is 2.23. The average Bonchev–Trinajstić information content (AvgIpc) is 3.13. The van der Waals surface area contributed by atoms with Crippen LogP contribution in [0.5, 0.6) is 0 Å². The minimum atomic E-state index is -0.292. The van der Waals surface area contributed by atoms with Gasteiger partial charge in [0.05, 0.1) is 11.1 Å². The highest BCUT2D eigenvalue weighted by Crippen LogP contribution is 2.31. The number of rotatable bonds is 5. The number of hydrogen-bond acceptors (Lipinski definition) is 3. The van der Waals surface area contributed by atoms with E-state index in [0.29, 0.717) is 46.5 Å². The van der Waals surface area contributed by atoms with Gasteiger partial charge >= 0.3 is 0 Å². The number of nitrogens with one attached hydrogen (secondary N) is 2. The summed E-state index contributed by atoms with van der Waals surface area (Å²) in [6.07, 6.45) is 6.24. The normalized spacial score (nSPS) is 10.7. The summed E-state index contributed by atoms with van der Waals surface area (Å²) in [5, 5.41) is 0.370. The van der Waals surface area contributed by atoms with E-state index in [9.17, 15) is 9.59 Å². The van der Waals surface area contributed by atoms with E-state index in [1.807, 2.05) is 36.4 Å². The first-order chi connectivity index (χ1) is 13.7. The standard InChI is InChI=1S/C23H17N3O2/c1-2-3-14-17-24-22-19(23(28)25-17)18(15-10-6-4-7-11-15)20(26-22)21(27)16-12-8-5-9-13-16/h1,4-13H,3,14H2,(H2,24,25,26,28). The van der Waals surface area contributed by atoms with Crippen LogP contribution in [0.25, 0.3) is 22.2 Å². The quantitative estimate of drug-likeness (QED) is 0.417. The zero-order chi connectivity index (χ0) is 19.5. The second kappa shape index (κ2) is 7.37. The van der Waals surface area contributed by atoms with Crippen molar-refractivity contribution < 1.29 is 4.79 Å². The summed E-state index contributed by atoms with van der Waals surface area (Å²) in [5.74, 6) is 2.84. The molecule has 2 aromatic carbocycles. The number of benzene rings is 2. The summed E-state index contributed by atoms with van der Waals surface area (Å²) in [5.41, 5.74) is 2.31. The molecule has 0 aliphatic heterocycles. The van der Waals surface area contributed by atoms with Gasteiger partial charge in [-0.15, -0.1) is 12.3 Å². The smallest absolute Gasteiger partial charge is 0.261 e. The number of aromatic amines is 2. The van der Waals surface area contributed by atoms with Crippen molar-refractivity contribution in [3.05, 3.63) is 88.1 Å². The van der Waals surface area contributed by atoms with Crippen LogP contribution in [0, 0.1) is 12.3 Å². The van der Waals surface area contributed by atoms with Gasteiger partial charge in [0.1, 0.15) is 11.5 Å². The van der Waals surface area contributed by atoms with Crippen LogP contribution in [0.3, 0.4) is 0 Å². The van der Waals surface area contributed by atoms with E-state index < -0.39 is 0 Å². The van der Waals surface area contributed by atoms with Gasteiger partial charge in [0.25, 0.3) is 5.56 Å². The van der Waals surface area contributed by atoms with E-state index in [2.05, 4.69) is 20.9 Å². The minimum Gasteiger partial charge on any atom is -0.336 e. The number of terminal acetylenes is 1. The molecule has 4 aromatic rings. The Balaban J connectivity index is 1.98. The molecule has 0 radical (unpaired) electrons. The monoisotopic (exact) mass is 367 g/mol. The van der Waals surface area contributed by atoms with Crippen LogP contribution in [0.2, 0.25) is 0 Å². The fraction of sp³-hybridized carbons (Fsp3) is 0.0870. The van der Waals surface area contributed by atoms with Crippen LogP contribution in [0.1, 0.15) is 28.3 Å². The zero-order valence-corrected chi connectivity index (χ0v) is 15.0. The lowest BCUT2D eigenvalue weighted by Gasteiger charge is -2.04. The summed E-state index contributed by atoms with van der Waals surface area (Å²) in [7, 11) is 0. The molecule has 0 unspecified atom stereocenters. The number of H-pyrrole nitrogens is 2. The Morgan fingerprint density at radius 3 is 2.36 bits per heavy atom. The minimum absolute atomic E-state index is 0.193. The molecule has 0 aliphatic carbocycles. The third-order valence-corrected chi connectivity index (χ3v) is 4.54. The van der Waals surface area contributed by atoms with E-state index >= 15 is 0 Å². The van der Waals surface area contributed by atoms with Gasteiger partial charge in [0.2, 0.25) is 5.78 Å². The summed E-state index contributed by atoms with van der Waals surface area (Å²) in [6, 6.07) is 18.3. The molecule has 2 heterocycles. The molecular weight excluding hydrogens is 350 g/mol. The van der Waals surface area contributed by atoms with Crippen molar-refractivity contribution in [3.63, 3.8) is 0 Å². The lowest BCUT2D eigenvalue weighted by molar-refractivity contribution is 0.103. The van der Waals surface area contributed by atoms with Crippen molar-refractivity contribution >= 4 is 16.8 Å². The Hall–Kier alpha value is -3.91. The number of ketones is 1. The number of aromatic nitrogens is 3. The predicted molar refractivity (Wildman–Crippen MR) is 109 cm³/mol. The number of fused-ring (bicyclic) bond motifs is 1. The third-order valence-electron chi connectivity index (χ3n) is 4.54. The Morgan fingerprint density at radius 1 is 1.00 bits per heavy atom. The topological polar surface area (TPSA) is 78.6 Å². The van der Waals surface area contributed by atoms with Crippen molar-refractivity contribution in [1.82, 2.24) is 15.0 Å². The molecule has 5 heteroatoms. The summed E-state index contributed by atoms with van der Waals surface area (Å²) in [6.45, 7) is 0. The maximum Gasteiger partial charge on any atom is 0.261 e. The largest absolute Gasteiger partial charge is 0.336 e. The van der Waals surface area contributed by atoms with Crippen molar-refractivity contribution in [2.45, 2.75) is 12.8 Å². The molecule has 2 N–H and O–H groups in total. The molecular formula is C23H17N3O2. The average molecular weight is 367 g/mol. The Morgan fingerprint density at radius 2 is 1.68 bits per heavy atom. The molecule has 2 aromatic heterocycles. The zero-order valence-electron chi connectivity index (χ0n) is 15.0. The van der Waals surface area contributed by atoms with Crippen LogP contribution in [-0.2, 0) is 6.42 Å². The molecule has 136 valence electrons. The summed E-state index contributed by atoms with van der Waals surface area (Å²) < 4.78 is 0. The molecule has 5 nitrogen and oxygen atoms in total. The van der Waals surface area contributed by atoms with Gasteiger partial charge in [0, 0.05) is 24.0 Å². The molecule has 0 saturated carbocycles. The van der Waals surface area contributed by atoms with E-state index in [4.69, 9.17) is 6.42 Å². The van der Waals surface area contributed by atoms with Gasteiger partial charge in [-0.3, -0.25) is 9.59 Å². The number of nitrogens with zero attached hydrogens (tertiary/aromatic N) is 1. The highest BCUT2D eigenvalue weighted by atomic mass is 16.1. The van der Waals surface area contributed by atoms with Crippen molar-refractivity contribution in [3.8, 4) is 23.5 Å². The van der Waals surface area contributed by atoms with Crippen LogP contribution in [0.15, 0.2) is 65.5 Å². The predicted octanol–water partition coefficient (Wildman–Crippen LogP) is 3.72. The van der Waals surface area contributed by atoms with Crippen LogP contribution < -0.4 is 5.56 Å². The fourth-order valence-electron chi connectivity index (χ4n) is 3.25. The highest BCUT2D eigenvalue weighted by molar-refractivity contribution is 6.16. The van der Waals surface area contributed by atoms with E-state index in [1.54, 1.807) is 24.3 Å². The molecule has 0 fully saturated rings. The van der Waals surface area contributed by atoms with Crippen LogP contribution in [0.4, 0.5) is 0 Å². The second-order valence-corrected chi connectivity index (χ2v) is 6.38. The molecule has 4 rings (SSSR count). The number of carbonyl (C=O) groups excluding carboxylic acids is 1. The Kier molecular flexibility index (Phi) is 4.61. The number of aryl methyl sites for hydroxylation is 1. The first-order valence-electron chi connectivity index (χ1n) is 8.92. The van der Waals surface area contributed by atoms with Gasteiger partial charge in [-0.05, 0) is 5.56 Å². The van der Waals surface area contributed by atoms with E-state index in [1.165, 1.54) is 0 Å². The molecule has 0 spiro atoms. The number of carbonyl (C=O) groups is 1. The lowest BCUT2D eigenvalue weighted by atomic mass is 9.98. The molecule has 0 saturated heterocycles. The second-order valence-electron chi connectivity index (χ2n) is 6.38. The van der Waals surface area contributed by atoms with Crippen LogP contribution >= 0.6 is 0 Å². The molecule has 0 aliphatic rings. The van der Waals surface area contributed by atoms with E-state index in [-0.39, 0.29) is 11.3 Å². The van der Waals surface area contributed by atoms with Gasteiger partial charge in [-0.2, -0.15) is 0 Å². The fourth-order valence-corrected chi connectivity index (χ4v) is 3.25. The SMILES string of the molecule is C#CCCc1nc2[nH]c(C(=O)c3ccccc3)c(-c3ccccc3)c2c(=O)[nH]1. The molecule has 0 bridgehead atoms.